The molecule has 32 heavy (non-hydrogen) atoms. The number of anilines is 1. The quantitative estimate of drug-likeness (QED) is 0.455. The number of fused-ring (bicyclic) bond motifs is 1. The second-order valence-electron chi connectivity index (χ2n) is 7.33. The van der Waals surface area contributed by atoms with E-state index in [9.17, 15) is 18.0 Å². The molecule has 1 N–H and O–H groups in total. The molecule has 4 rings (SSSR count). The van der Waals surface area contributed by atoms with Crippen LogP contribution in [-0.4, -0.2) is 34.0 Å². The monoisotopic (exact) mass is 442 g/mol. The van der Waals surface area contributed by atoms with Crippen LogP contribution in [0.2, 0.25) is 0 Å². The third-order valence-corrected chi connectivity index (χ3v) is 5.24. The van der Waals surface area contributed by atoms with Gasteiger partial charge in [0.1, 0.15) is 0 Å². The van der Waals surface area contributed by atoms with Crippen LogP contribution in [0.1, 0.15) is 21.6 Å². The summed E-state index contributed by atoms with van der Waals surface area (Å²) in [6.07, 6.45) is -1.15. The van der Waals surface area contributed by atoms with Gasteiger partial charge in [-0.25, -0.2) is 4.68 Å². The minimum Gasteiger partial charge on any atom is -0.383 e. The first kappa shape index (κ1) is 21.6. The van der Waals surface area contributed by atoms with Crippen LogP contribution < -0.4 is 5.32 Å². The molecule has 2 aromatic heterocycles. The summed E-state index contributed by atoms with van der Waals surface area (Å²) >= 11 is 0. The van der Waals surface area contributed by atoms with Gasteiger partial charge >= 0.3 is 6.18 Å². The number of aromatic nitrogens is 3. The number of hydrogen-bond acceptors (Lipinski definition) is 3. The van der Waals surface area contributed by atoms with Gasteiger partial charge in [-0.15, -0.1) is 0 Å². The van der Waals surface area contributed by atoms with Gasteiger partial charge in [0.25, 0.3) is 5.91 Å². The third kappa shape index (κ3) is 4.24. The number of nitrogens with zero attached hydrogens (tertiary/aromatic N) is 3. The smallest absolute Gasteiger partial charge is 0.383 e. The van der Waals surface area contributed by atoms with Gasteiger partial charge in [0, 0.05) is 36.4 Å². The molecule has 6 nitrogen and oxygen atoms in total. The van der Waals surface area contributed by atoms with Crippen LogP contribution in [0.4, 0.5) is 18.9 Å². The van der Waals surface area contributed by atoms with Gasteiger partial charge in [0.15, 0.2) is 0 Å². The number of halogens is 3. The van der Waals surface area contributed by atoms with Crippen LogP contribution in [0, 0.1) is 6.92 Å². The molecule has 9 heteroatoms. The predicted octanol–water partition coefficient (Wildman–Crippen LogP) is 5.05. The minimum atomic E-state index is -4.46. The van der Waals surface area contributed by atoms with Crippen LogP contribution >= 0.6 is 0 Å². The highest BCUT2D eigenvalue weighted by molar-refractivity contribution is 6.05. The lowest BCUT2D eigenvalue weighted by Gasteiger charge is -2.10. The van der Waals surface area contributed by atoms with E-state index in [0.29, 0.717) is 18.0 Å². The van der Waals surface area contributed by atoms with Crippen molar-refractivity contribution < 1.29 is 22.7 Å². The van der Waals surface area contributed by atoms with E-state index >= 15 is 0 Å². The molecule has 0 aliphatic rings. The Morgan fingerprint density at radius 1 is 1.16 bits per heavy atom. The van der Waals surface area contributed by atoms with Crippen LogP contribution in [0.5, 0.6) is 0 Å². The molecule has 2 heterocycles. The van der Waals surface area contributed by atoms with E-state index < -0.39 is 11.7 Å². The van der Waals surface area contributed by atoms with E-state index in [1.54, 1.807) is 20.1 Å². The molecule has 2 aromatic carbocycles. The molecule has 0 radical (unpaired) electrons. The zero-order valence-electron chi connectivity index (χ0n) is 17.5. The normalized spacial score (nSPS) is 11.8. The van der Waals surface area contributed by atoms with Gasteiger partial charge in [-0.1, -0.05) is 6.07 Å². The maximum atomic E-state index is 13.0. The lowest BCUT2D eigenvalue weighted by Crippen LogP contribution is -2.13. The van der Waals surface area contributed by atoms with E-state index in [0.717, 1.165) is 29.6 Å². The molecule has 0 unspecified atom stereocenters. The Balaban J connectivity index is 1.56. The molecule has 0 fully saturated rings. The maximum absolute atomic E-state index is 13.0. The van der Waals surface area contributed by atoms with Crippen LogP contribution in [-0.2, 0) is 17.5 Å². The predicted molar refractivity (Wildman–Crippen MR) is 115 cm³/mol. The molecule has 0 saturated carbocycles. The summed E-state index contributed by atoms with van der Waals surface area (Å²) < 4.78 is 47.6. The Labute approximate surface area is 182 Å². The molecular formula is C23H21F3N4O2. The van der Waals surface area contributed by atoms with Crippen LogP contribution in [0.25, 0.3) is 16.6 Å². The average molecular weight is 442 g/mol. The molecular weight excluding hydrogens is 421 g/mol. The van der Waals surface area contributed by atoms with E-state index in [-0.39, 0.29) is 17.2 Å². The largest absolute Gasteiger partial charge is 0.416 e. The first-order valence-corrected chi connectivity index (χ1v) is 9.89. The van der Waals surface area contributed by atoms with Crippen molar-refractivity contribution in [2.75, 3.05) is 19.0 Å². The fourth-order valence-corrected chi connectivity index (χ4v) is 3.57. The summed E-state index contributed by atoms with van der Waals surface area (Å²) in [6, 6.07) is 12.4. The van der Waals surface area contributed by atoms with Crippen molar-refractivity contribution in [2.24, 2.45) is 0 Å². The number of hydrogen-bond donors (Lipinski definition) is 1. The summed E-state index contributed by atoms with van der Waals surface area (Å²) in [5.41, 5.74) is 1.80. The number of carbonyl (C=O) groups is 1. The summed E-state index contributed by atoms with van der Waals surface area (Å²) in [6.45, 7) is 2.96. The molecule has 4 aromatic rings. The number of alkyl halides is 3. The van der Waals surface area contributed by atoms with Crippen molar-refractivity contribution in [3.63, 3.8) is 0 Å². The fraction of sp³-hybridized carbons (Fsp3) is 0.217. The Hall–Kier alpha value is -3.59. The number of ether oxygens (including phenoxy) is 1. The van der Waals surface area contributed by atoms with E-state index in [1.165, 1.54) is 23.0 Å². The summed E-state index contributed by atoms with van der Waals surface area (Å²) in [5, 5.41) is 7.93. The zero-order chi connectivity index (χ0) is 22.9. The molecule has 0 spiro atoms. The average Bonchev–Trinajstić information content (AvgIpc) is 3.34. The number of nitrogens with one attached hydrogen (secondary N) is 1. The second kappa shape index (κ2) is 8.51. The van der Waals surface area contributed by atoms with Crippen LogP contribution in [0.3, 0.4) is 0 Å². The van der Waals surface area contributed by atoms with Gasteiger partial charge in [-0.2, -0.15) is 18.3 Å². The topological polar surface area (TPSA) is 61.1 Å². The van der Waals surface area contributed by atoms with E-state index in [4.69, 9.17) is 4.74 Å². The summed E-state index contributed by atoms with van der Waals surface area (Å²) in [7, 11) is 1.65. The van der Waals surface area contributed by atoms with Crippen molar-refractivity contribution in [3.8, 4) is 5.69 Å². The zero-order valence-corrected chi connectivity index (χ0v) is 17.5. The standard InChI is InChI=1S/C23H21F3N4O2/c1-15-20(14-27-30(15)19-5-3-4-17(13-19)23(24,25)26)22(31)28-18-6-7-21-16(12-18)8-9-29(21)10-11-32-2/h3-9,12-14H,10-11H2,1-2H3,(H,28,31). The first-order valence-electron chi connectivity index (χ1n) is 9.89. The van der Waals surface area contributed by atoms with Gasteiger partial charge in [-0.05, 0) is 49.4 Å². The maximum Gasteiger partial charge on any atom is 0.416 e. The lowest BCUT2D eigenvalue weighted by molar-refractivity contribution is -0.137. The molecule has 1 amide bonds. The number of amides is 1. The van der Waals surface area contributed by atoms with Gasteiger partial charge in [-0.3, -0.25) is 4.79 Å². The molecule has 0 aliphatic heterocycles. The SMILES string of the molecule is COCCn1ccc2cc(NC(=O)c3cnn(-c4cccc(C(F)(F)F)c4)c3C)ccc21. The highest BCUT2D eigenvalue weighted by Crippen LogP contribution is 2.30. The second-order valence-corrected chi connectivity index (χ2v) is 7.33. The molecule has 0 atom stereocenters. The molecule has 0 bridgehead atoms. The van der Waals surface area contributed by atoms with Gasteiger partial charge in [0.2, 0.25) is 0 Å². The molecule has 0 aliphatic carbocycles. The van der Waals surface area contributed by atoms with E-state index in [1.807, 2.05) is 24.4 Å². The first-order chi connectivity index (χ1) is 15.3. The van der Waals surface area contributed by atoms with Gasteiger partial charge < -0.3 is 14.6 Å². The van der Waals surface area contributed by atoms with Crippen LogP contribution in [0.15, 0.2) is 60.9 Å². The van der Waals surface area contributed by atoms with Crippen molar-refractivity contribution in [3.05, 3.63) is 77.7 Å². The number of benzene rings is 2. The summed E-state index contributed by atoms with van der Waals surface area (Å²) in [5.74, 6) is -0.390. The Bertz CT molecular complexity index is 1270. The molecule has 166 valence electrons. The van der Waals surface area contributed by atoms with Crippen molar-refractivity contribution in [2.45, 2.75) is 19.6 Å². The Kier molecular flexibility index (Phi) is 5.75. The Morgan fingerprint density at radius 2 is 1.97 bits per heavy atom. The number of carbonyl (C=O) groups excluding carboxylic acids is 1. The van der Waals surface area contributed by atoms with E-state index in [2.05, 4.69) is 15.0 Å². The number of rotatable bonds is 6. The van der Waals surface area contributed by atoms with Gasteiger partial charge in [0.05, 0.1) is 35.3 Å². The third-order valence-electron chi connectivity index (χ3n) is 5.24. The Morgan fingerprint density at radius 3 is 2.72 bits per heavy atom. The highest BCUT2D eigenvalue weighted by Gasteiger charge is 2.30. The lowest BCUT2D eigenvalue weighted by atomic mass is 10.2. The number of methoxy groups -OCH3 is 1. The van der Waals surface area contributed by atoms with Crippen molar-refractivity contribution in [1.29, 1.82) is 0 Å². The summed E-state index contributed by atoms with van der Waals surface area (Å²) in [4.78, 5) is 12.8. The molecule has 0 saturated heterocycles. The fourth-order valence-electron chi connectivity index (χ4n) is 3.57. The highest BCUT2D eigenvalue weighted by atomic mass is 19.4. The van der Waals surface area contributed by atoms with Crippen molar-refractivity contribution in [1.82, 2.24) is 14.3 Å². The van der Waals surface area contributed by atoms with Crippen molar-refractivity contribution >= 4 is 22.5 Å². The minimum absolute atomic E-state index is 0.232.